The summed E-state index contributed by atoms with van der Waals surface area (Å²) in [5.74, 6) is 0.553. The van der Waals surface area contributed by atoms with Crippen molar-refractivity contribution in [1.29, 1.82) is 0 Å². The standard InChI is InChI=1S/C31H30BrNO4/c1-4-5-6-7-16-36-24-14-8-21(9-15-24)28-27-29(34)25-17-19(2)20(3)18-26(25)37-30(27)31(35)33(28)23-12-10-22(32)11-13-23/h8-15,17-18,28H,4-7,16H2,1-3H3. The normalized spacial score (nSPS) is 14.9. The lowest BCUT2D eigenvalue weighted by molar-refractivity contribution is 0.0971. The highest BCUT2D eigenvalue weighted by atomic mass is 79.9. The number of aryl methyl sites for hydroxylation is 2. The predicted molar refractivity (Wildman–Crippen MR) is 151 cm³/mol. The maximum absolute atomic E-state index is 13.9. The molecule has 0 aliphatic carbocycles. The lowest BCUT2D eigenvalue weighted by Crippen LogP contribution is -2.29. The van der Waals surface area contributed by atoms with Crippen molar-refractivity contribution >= 4 is 38.5 Å². The second kappa shape index (κ2) is 10.5. The van der Waals surface area contributed by atoms with Gasteiger partial charge in [0.05, 0.1) is 23.6 Å². The first-order valence-corrected chi connectivity index (χ1v) is 13.6. The molecule has 37 heavy (non-hydrogen) atoms. The summed E-state index contributed by atoms with van der Waals surface area (Å²) in [6.45, 7) is 6.80. The van der Waals surface area contributed by atoms with Gasteiger partial charge in [0.25, 0.3) is 5.91 Å². The molecule has 0 saturated carbocycles. The molecule has 0 radical (unpaired) electrons. The molecule has 1 amide bonds. The van der Waals surface area contributed by atoms with Gasteiger partial charge in [-0.1, -0.05) is 54.2 Å². The Labute approximate surface area is 225 Å². The Morgan fingerprint density at radius 2 is 1.62 bits per heavy atom. The van der Waals surface area contributed by atoms with E-state index in [0.29, 0.717) is 28.8 Å². The Morgan fingerprint density at radius 3 is 2.32 bits per heavy atom. The third kappa shape index (κ3) is 4.82. The fourth-order valence-electron chi connectivity index (χ4n) is 4.88. The predicted octanol–water partition coefficient (Wildman–Crippen LogP) is 7.88. The second-order valence-corrected chi connectivity index (χ2v) is 10.6. The molecular formula is C31H30BrNO4. The molecule has 0 bridgehead atoms. The highest BCUT2D eigenvalue weighted by molar-refractivity contribution is 9.10. The molecule has 1 unspecified atom stereocenters. The Bertz CT molecular complexity index is 1510. The molecule has 0 saturated heterocycles. The van der Waals surface area contributed by atoms with Crippen molar-refractivity contribution in [3.05, 3.63) is 103 Å². The molecule has 5 nitrogen and oxygen atoms in total. The van der Waals surface area contributed by atoms with Crippen LogP contribution in [-0.4, -0.2) is 12.5 Å². The van der Waals surface area contributed by atoms with Crippen LogP contribution in [0, 0.1) is 13.8 Å². The zero-order valence-corrected chi connectivity index (χ0v) is 22.9. The number of fused-ring (bicyclic) bond motifs is 2. The van der Waals surface area contributed by atoms with Crippen LogP contribution in [0.25, 0.3) is 11.0 Å². The van der Waals surface area contributed by atoms with Gasteiger partial charge in [-0.25, -0.2) is 0 Å². The Balaban J connectivity index is 1.59. The third-order valence-electron chi connectivity index (χ3n) is 7.05. The quantitative estimate of drug-likeness (QED) is 0.206. The molecule has 0 spiro atoms. The first kappa shape index (κ1) is 25.3. The summed E-state index contributed by atoms with van der Waals surface area (Å²) < 4.78 is 13.0. The molecule has 1 aliphatic heterocycles. The molecule has 6 heteroatoms. The van der Waals surface area contributed by atoms with Crippen molar-refractivity contribution in [1.82, 2.24) is 0 Å². The number of rotatable bonds is 8. The number of nitrogens with zero attached hydrogens (tertiary/aromatic N) is 1. The van der Waals surface area contributed by atoms with E-state index in [1.807, 2.05) is 74.5 Å². The maximum Gasteiger partial charge on any atom is 0.295 e. The molecule has 0 fully saturated rings. The van der Waals surface area contributed by atoms with Crippen molar-refractivity contribution in [2.45, 2.75) is 52.5 Å². The number of unbranched alkanes of at least 4 members (excludes halogenated alkanes) is 3. The number of hydrogen-bond donors (Lipinski definition) is 0. The highest BCUT2D eigenvalue weighted by Gasteiger charge is 2.43. The van der Waals surface area contributed by atoms with Gasteiger partial charge in [0.15, 0.2) is 5.43 Å². The van der Waals surface area contributed by atoms with Gasteiger partial charge in [-0.15, -0.1) is 0 Å². The molecule has 2 heterocycles. The van der Waals surface area contributed by atoms with E-state index in [4.69, 9.17) is 9.15 Å². The summed E-state index contributed by atoms with van der Waals surface area (Å²) in [6, 6.07) is 18.3. The second-order valence-electron chi connectivity index (χ2n) is 9.64. The van der Waals surface area contributed by atoms with Crippen LogP contribution in [0.3, 0.4) is 0 Å². The van der Waals surface area contributed by atoms with Gasteiger partial charge < -0.3 is 9.15 Å². The molecule has 1 atom stereocenters. The average Bonchev–Trinajstić information content (AvgIpc) is 3.18. The summed E-state index contributed by atoms with van der Waals surface area (Å²) in [6.07, 6.45) is 4.57. The minimum absolute atomic E-state index is 0.102. The van der Waals surface area contributed by atoms with Crippen molar-refractivity contribution in [3.63, 3.8) is 0 Å². The van der Waals surface area contributed by atoms with Crippen LogP contribution in [0.5, 0.6) is 5.75 Å². The monoisotopic (exact) mass is 559 g/mol. The van der Waals surface area contributed by atoms with Crippen LogP contribution in [0.15, 0.2) is 74.3 Å². The van der Waals surface area contributed by atoms with Crippen LogP contribution in [-0.2, 0) is 0 Å². The van der Waals surface area contributed by atoms with Gasteiger partial charge in [0, 0.05) is 10.2 Å². The minimum Gasteiger partial charge on any atom is -0.494 e. The summed E-state index contributed by atoms with van der Waals surface area (Å²) in [4.78, 5) is 29.3. The van der Waals surface area contributed by atoms with Crippen molar-refractivity contribution in [3.8, 4) is 5.75 Å². The van der Waals surface area contributed by atoms with Gasteiger partial charge in [-0.2, -0.15) is 0 Å². The molecule has 190 valence electrons. The number of amides is 1. The molecule has 1 aliphatic rings. The van der Waals surface area contributed by atoms with Crippen LogP contribution < -0.4 is 15.1 Å². The number of ether oxygens (including phenoxy) is 1. The number of halogens is 1. The van der Waals surface area contributed by atoms with Gasteiger partial charge in [-0.05, 0) is 85.5 Å². The van der Waals surface area contributed by atoms with E-state index >= 15 is 0 Å². The molecule has 4 aromatic rings. The van der Waals surface area contributed by atoms with Crippen molar-refractivity contribution < 1.29 is 13.9 Å². The largest absolute Gasteiger partial charge is 0.494 e. The first-order chi connectivity index (χ1) is 17.9. The van der Waals surface area contributed by atoms with E-state index in [-0.39, 0.29) is 17.1 Å². The Morgan fingerprint density at radius 1 is 0.919 bits per heavy atom. The number of carbonyl (C=O) groups is 1. The first-order valence-electron chi connectivity index (χ1n) is 12.8. The van der Waals surface area contributed by atoms with Gasteiger partial charge >= 0.3 is 0 Å². The highest BCUT2D eigenvalue weighted by Crippen LogP contribution is 2.42. The lowest BCUT2D eigenvalue weighted by Gasteiger charge is -2.25. The Hall–Kier alpha value is -3.38. The zero-order valence-electron chi connectivity index (χ0n) is 21.3. The van der Waals surface area contributed by atoms with Crippen LogP contribution >= 0.6 is 15.9 Å². The topological polar surface area (TPSA) is 59.8 Å². The lowest BCUT2D eigenvalue weighted by atomic mass is 9.97. The van der Waals surface area contributed by atoms with E-state index in [9.17, 15) is 9.59 Å². The fraction of sp³-hybridized carbons (Fsp3) is 0.290. The maximum atomic E-state index is 13.9. The molecule has 3 aromatic carbocycles. The number of anilines is 1. The fourth-order valence-corrected chi connectivity index (χ4v) is 5.14. The van der Waals surface area contributed by atoms with Crippen molar-refractivity contribution in [2.24, 2.45) is 0 Å². The summed E-state index contributed by atoms with van der Waals surface area (Å²) in [7, 11) is 0. The average molecular weight is 560 g/mol. The smallest absolute Gasteiger partial charge is 0.295 e. The van der Waals surface area contributed by atoms with E-state index in [1.165, 1.54) is 12.8 Å². The van der Waals surface area contributed by atoms with E-state index in [2.05, 4.69) is 22.9 Å². The van der Waals surface area contributed by atoms with E-state index in [1.54, 1.807) is 4.90 Å². The number of hydrogen-bond acceptors (Lipinski definition) is 4. The molecule has 5 rings (SSSR count). The van der Waals surface area contributed by atoms with Crippen molar-refractivity contribution in [2.75, 3.05) is 11.5 Å². The molecule has 0 N–H and O–H groups in total. The Kier molecular flexibility index (Phi) is 7.20. The van der Waals surface area contributed by atoms with E-state index < -0.39 is 6.04 Å². The van der Waals surface area contributed by atoms with Crippen LogP contribution in [0.2, 0.25) is 0 Å². The third-order valence-corrected chi connectivity index (χ3v) is 7.58. The SMILES string of the molecule is CCCCCCOc1ccc(C2c3c(oc4cc(C)c(C)cc4c3=O)C(=O)N2c2ccc(Br)cc2)cc1. The van der Waals surface area contributed by atoms with Gasteiger partial charge in [0.2, 0.25) is 5.76 Å². The van der Waals surface area contributed by atoms with E-state index in [0.717, 1.165) is 39.8 Å². The summed E-state index contributed by atoms with van der Waals surface area (Å²) in [5, 5.41) is 0.490. The number of benzene rings is 3. The minimum atomic E-state index is -0.607. The molecular weight excluding hydrogens is 530 g/mol. The zero-order chi connectivity index (χ0) is 26.1. The van der Waals surface area contributed by atoms with Crippen LogP contribution in [0.1, 0.15) is 71.5 Å². The summed E-state index contributed by atoms with van der Waals surface area (Å²) in [5.41, 5.74) is 4.16. The molecule has 1 aromatic heterocycles. The van der Waals surface area contributed by atoms with Crippen LogP contribution in [0.4, 0.5) is 5.69 Å². The number of carbonyl (C=O) groups excluding carboxylic acids is 1. The van der Waals surface area contributed by atoms with Gasteiger partial charge in [0.1, 0.15) is 11.3 Å². The summed E-state index contributed by atoms with van der Waals surface area (Å²) >= 11 is 3.47. The van der Waals surface area contributed by atoms with Gasteiger partial charge in [-0.3, -0.25) is 14.5 Å².